The molecule has 10 atom stereocenters. The van der Waals surface area contributed by atoms with Gasteiger partial charge < -0.3 is 83.8 Å². The molecule has 31 nitrogen and oxygen atoms in total. The first-order chi connectivity index (χ1) is 52.8. The molecule has 1 aromatic heterocycles. The number of fused-ring (bicyclic) bond motifs is 1. The Morgan fingerprint density at radius 3 is 1.44 bits per heavy atom. The van der Waals surface area contributed by atoms with Crippen molar-refractivity contribution in [2.45, 2.75) is 179 Å². The molecule has 14 N–H and O–H groups in total. The number of likely N-dealkylation sites (N-methyl/N-ethyl adjacent to an activating group) is 1. The molecule has 13 amide bonds. The van der Waals surface area contributed by atoms with Crippen LogP contribution in [0, 0.1) is 0 Å². The summed E-state index contributed by atoms with van der Waals surface area (Å²) in [5, 5.41) is 55.0. The highest BCUT2D eigenvalue weighted by Crippen LogP contribution is 2.23. The number of aliphatic hydroxyl groups is 1. The van der Waals surface area contributed by atoms with Gasteiger partial charge in [-0.3, -0.25) is 72.1 Å². The number of nitrogens with one attached hydrogen (secondary N) is 12. The summed E-state index contributed by atoms with van der Waals surface area (Å²) < 4.78 is 0. The number of carbonyl (C=O) groups excluding carboxylic acids is 13. The zero-order valence-electron chi connectivity index (χ0n) is 63.2. The summed E-state index contributed by atoms with van der Waals surface area (Å²) in [6, 6.07) is 21.8. The molecule has 592 valence electrons. The molecule has 1 fully saturated rings. The first-order valence-corrected chi connectivity index (χ1v) is 36.9. The lowest BCUT2D eigenvalue weighted by atomic mass is 9.99. The average molecular weight is 1550 g/mol. The van der Waals surface area contributed by atoms with Crippen molar-refractivity contribution in [1.82, 2.24) is 68.0 Å². The largest absolute Gasteiger partial charge is 0.480 e. The molecule has 0 aliphatic carbocycles. The number of aliphatic hydroxyl groups excluding tert-OH is 1. The van der Waals surface area contributed by atoms with Crippen molar-refractivity contribution in [1.29, 1.82) is 0 Å². The van der Waals surface area contributed by atoms with Crippen LogP contribution in [0.1, 0.15) is 108 Å². The molecule has 1 unspecified atom stereocenters. The summed E-state index contributed by atoms with van der Waals surface area (Å²) in [6.07, 6.45) is 1.23. The van der Waals surface area contributed by atoms with E-state index in [1.807, 2.05) is 56.3 Å². The minimum absolute atomic E-state index is 0.00989. The number of amides is 13. The zero-order chi connectivity index (χ0) is 81.0. The van der Waals surface area contributed by atoms with Gasteiger partial charge in [0.25, 0.3) is 5.91 Å². The van der Waals surface area contributed by atoms with Crippen LogP contribution in [0.25, 0.3) is 10.8 Å². The molecule has 0 bridgehead atoms. The second-order valence-corrected chi connectivity index (χ2v) is 28.1. The van der Waals surface area contributed by atoms with Crippen LogP contribution in [0.3, 0.4) is 0 Å². The Balaban J connectivity index is 1.19. The number of anilines is 2. The summed E-state index contributed by atoms with van der Waals surface area (Å²) in [5.41, 5.74) is 3.07. The lowest BCUT2D eigenvalue weighted by Gasteiger charge is -2.33. The van der Waals surface area contributed by atoms with Crippen molar-refractivity contribution in [3.63, 3.8) is 0 Å². The van der Waals surface area contributed by atoms with Crippen molar-refractivity contribution >= 4 is 117 Å². The minimum Gasteiger partial charge on any atom is -0.480 e. The molecule has 7 rings (SSSR count). The maximum Gasteiger partial charge on any atom is 0.325 e. The average Bonchev–Trinajstić information content (AvgIpc) is 1.79. The Morgan fingerprint density at radius 2 is 0.964 bits per heavy atom. The zero-order valence-corrected chi connectivity index (χ0v) is 63.9. The number of halogens is 1. The number of carboxylic acids is 1. The minimum atomic E-state index is -1.91. The van der Waals surface area contributed by atoms with Crippen LogP contribution < -0.4 is 63.8 Å². The second-order valence-electron chi connectivity index (χ2n) is 27.7. The van der Waals surface area contributed by atoms with Gasteiger partial charge >= 0.3 is 5.97 Å². The fourth-order valence-electron chi connectivity index (χ4n) is 12.4. The van der Waals surface area contributed by atoms with E-state index in [0.717, 1.165) is 22.6 Å². The smallest absolute Gasteiger partial charge is 0.325 e. The van der Waals surface area contributed by atoms with Gasteiger partial charge in [0.1, 0.15) is 54.4 Å². The standard InChI is InChI=1S/C79H98ClN15O16/c1-45(2)82-35-12-11-18-61(78(109)95-36-14-19-68(95)76(107)83-46(3)79(110)111)87-77(108)69(94(8)50(7)100)93-74(105)65(40-53-25-32-60(33-26-53)85-48(5)98)89-72(103)64(39-52-23-30-59(31-24-52)84-47(4)97)91-75(106)67(44-96)92-73(104)66(42-55-15-13-34-81-43-55)90-71(102)63(38-51-21-28-58(80)29-22-51)88-70(101)62(86-49(6)99)41-54-20-27-56-16-9-10-17-57(56)37-54/h9-10,13,15-17,20-34,37,43,45-46,61-69,82,96H,11-12,14,18-19,35-36,38-42,44H2,1-8H3,(H,83,107)(H,84,97)(H,85,98)(H,86,99)(H,87,108)(H,88,101)(H,89,103)(H,90,102)(H,91,106)(H,92,104)(H,93,105)(H,110,111)/t46-,61+,62-,63-,64+,65-,66-,67+,68+,69?/m1/s1. The van der Waals surface area contributed by atoms with Gasteiger partial charge in [0.15, 0.2) is 6.17 Å². The van der Waals surface area contributed by atoms with Crippen LogP contribution in [-0.2, 0) is 99.2 Å². The number of hydrogen-bond acceptors (Lipinski definition) is 17. The summed E-state index contributed by atoms with van der Waals surface area (Å²) in [7, 11) is 1.20. The van der Waals surface area contributed by atoms with Crippen LogP contribution in [0.5, 0.6) is 0 Å². The Morgan fingerprint density at radius 1 is 0.505 bits per heavy atom. The Labute approximate surface area is 648 Å². The van der Waals surface area contributed by atoms with E-state index in [2.05, 4.69) is 68.8 Å². The number of hydrogen-bond donors (Lipinski definition) is 14. The predicted octanol–water partition coefficient (Wildman–Crippen LogP) is 2.39. The summed E-state index contributed by atoms with van der Waals surface area (Å²) in [4.78, 5) is 201. The van der Waals surface area contributed by atoms with Crippen molar-refractivity contribution in [2.24, 2.45) is 0 Å². The van der Waals surface area contributed by atoms with Crippen LogP contribution in [-0.4, -0.2) is 201 Å². The Kier molecular flexibility index (Phi) is 33.0. The number of carbonyl (C=O) groups is 14. The summed E-state index contributed by atoms with van der Waals surface area (Å²) in [6.45, 7) is 9.60. The number of aliphatic carboxylic acids is 1. The second kappa shape index (κ2) is 42.3. The Hall–Kier alpha value is -11.7. The third-order valence-corrected chi connectivity index (χ3v) is 18.6. The van der Waals surface area contributed by atoms with E-state index < -0.39 is 150 Å². The highest BCUT2D eigenvalue weighted by Gasteiger charge is 2.41. The molecule has 0 saturated carbocycles. The van der Waals surface area contributed by atoms with Gasteiger partial charge in [-0.25, -0.2) is 0 Å². The molecular formula is C79H98ClN15O16. The van der Waals surface area contributed by atoms with E-state index in [4.69, 9.17) is 11.6 Å². The maximum absolute atomic E-state index is 15.3. The lowest BCUT2D eigenvalue weighted by Crippen LogP contribution is -2.64. The summed E-state index contributed by atoms with van der Waals surface area (Å²) >= 11 is 6.25. The molecule has 111 heavy (non-hydrogen) atoms. The lowest BCUT2D eigenvalue weighted by molar-refractivity contribution is -0.146. The van der Waals surface area contributed by atoms with E-state index in [1.54, 1.807) is 36.4 Å². The first-order valence-electron chi connectivity index (χ1n) is 36.5. The quantitative estimate of drug-likeness (QED) is 0.0195. The van der Waals surface area contributed by atoms with E-state index in [9.17, 15) is 67.7 Å². The van der Waals surface area contributed by atoms with Gasteiger partial charge in [-0.2, -0.15) is 0 Å². The van der Waals surface area contributed by atoms with Crippen molar-refractivity contribution in [2.75, 3.05) is 37.4 Å². The molecule has 6 aromatic rings. The molecule has 0 spiro atoms. The number of likely N-dealkylation sites (tertiary alicyclic amines) is 1. The fourth-order valence-corrected chi connectivity index (χ4v) is 12.5. The molecule has 1 aliphatic rings. The number of pyridine rings is 1. The highest BCUT2D eigenvalue weighted by atomic mass is 35.5. The van der Waals surface area contributed by atoms with Crippen LogP contribution in [0.2, 0.25) is 5.02 Å². The van der Waals surface area contributed by atoms with E-state index in [-0.39, 0.29) is 57.5 Å². The third-order valence-electron chi connectivity index (χ3n) is 18.3. The number of unbranched alkanes of at least 4 members (excludes halogenated alkanes) is 1. The molecule has 1 aliphatic heterocycles. The van der Waals surface area contributed by atoms with E-state index in [0.29, 0.717) is 70.0 Å². The number of rotatable bonds is 39. The molecule has 5 aromatic carbocycles. The molecule has 1 saturated heterocycles. The van der Waals surface area contributed by atoms with E-state index >= 15 is 9.59 Å². The van der Waals surface area contributed by atoms with Gasteiger partial charge in [-0.15, -0.1) is 0 Å². The highest BCUT2D eigenvalue weighted by molar-refractivity contribution is 6.30. The van der Waals surface area contributed by atoms with Gasteiger partial charge in [0.2, 0.25) is 70.9 Å². The van der Waals surface area contributed by atoms with Crippen LogP contribution in [0.15, 0.2) is 140 Å². The molecular weight excluding hydrogens is 1450 g/mol. The SMILES string of the molecule is CC(=O)Nc1ccc(C[C@H](NC(=O)[C@H](CO)NC(=O)[C@@H](Cc2cccnc2)NC(=O)[C@@H](Cc2ccc(Cl)cc2)NC(=O)[C@@H](Cc2ccc3ccccc3c2)NC(C)=O)C(=O)N[C@H](Cc2ccc(NC(C)=O)cc2)C(=O)NC(C(=O)N[C@@H](CCCCNC(C)C)C(=O)N2CCC[C@H]2C(=O)N[C@H](C)C(=O)O)N(C)C(C)=O)cc1. The molecule has 32 heteroatoms. The number of carboxylic acid groups (broad SMARTS) is 1. The maximum atomic E-state index is 15.3. The van der Waals surface area contributed by atoms with Gasteiger partial charge in [0.05, 0.1) is 6.61 Å². The molecule has 2 heterocycles. The van der Waals surface area contributed by atoms with Crippen molar-refractivity contribution in [3.8, 4) is 0 Å². The third kappa shape index (κ3) is 27.4. The summed E-state index contributed by atoms with van der Waals surface area (Å²) in [5.74, 6) is -11.9. The first kappa shape index (κ1) is 86.5. The predicted molar refractivity (Wildman–Crippen MR) is 413 cm³/mol. The number of aromatic nitrogens is 1. The fraction of sp³-hybridized carbons (Fsp3) is 0.405. The van der Waals surface area contributed by atoms with Gasteiger partial charge in [-0.05, 0) is 127 Å². The van der Waals surface area contributed by atoms with E-state index in [1.165, 1.54) is 101 Å². The Bertz CT molecular complexity index is 4290. The molecule has 0 radical (unpaired) electrons. The van der Waals surface area contributed by atoms with Crippen LogP contribution >= 0.6 is 11.6 Å². The normalized spacial score (nSPS) is 14.9. The van der Waals surface area contributed by atoms with Crippen molar-refractivity contribution < 1.29 is 77.3 Å². The number of benzene rings is 5. The van der Waals surface area contributed by atoms with Crippen LogP contribution in [0.4, 0.5) is 11.4 Å². The number of nitrogens with zero attached hydrogens (tertiary/aromatic N) is 3. The van der Waals surface area contributed by atoms with Crippen molar-refractivity contribution in [3.05, 3.63) is 173 Å². The topological polar surface area (TPSA) is 443 Å². The van der Waals surface area contributed by atoms with Gasteiger partial charge in [0, 0.05) is 108 Å². The van der Waals surface area contributed by atoms with Gasteiger partial charge in [-0.1, -0.05) is 110 Å². The monoisotopic (exact) mass is 1550 g/mol.